The molecular weight excluding hydrogens is 414 g/mol. The van der Waals surface area contributed by atoms with Crippen molar-refractivity contribution in [1.29, 1.82) is 0 Å². The van der Waals surface area contributed by atoms with Gasteiger partial charge in [-0.15, -0.1) is 0 Å². The van der Waals surface area contributed by atoms with Crippen LogP contribution in [0.25, 0.3) is 11.1 Å². The molecule has 1 fully saturated rings. The molecule has 3 aromatic carbocycles. The second-order valence-electron chi connectivity index (χ2n) is 8.55. The molecule has 2 aliphatic heterocycles. The summed E-state index contributed by atoms with van der Waals surface area (Å²) in [4.78, 5) is 13.4. The van der Waals surface area contributed by atoms with Crippen molar-refractivity contribution >= 4 is 5.84 Å². The molecule has 1 saturated heterocycles. The standard InChI is InChI=1S/C27H29N3O3/c1-31-24-16-23(17-25(18-24)32-2)21-8-10-22(11-9-21)26-28-27(33-29-26)12-14-30(15-13-27)19-20-6-4-3-5-7-20/h3-11,16-18H,12-15,19H2,1-2H3,(H,28,29). The normalized spacial score (nSPS) is 17.5. The zero-order chi connectivity index (χ0) is 22.7. The molecule has 2 aliphatic rings. The van der Waals surface area contributed by atoms with Crippen LogP contribution in [0.1, 0.15) is 24.0 Å². The van der Waals surface area contributed by atoms with Crippen molar-refractivity contribution in [1.82, 2.24) is 10.4 Å². The molecular formula is C27H29N3O3. The van der Waals surface area contributed by atoms with Crippen molar-refractivity contribution in [3.63, 3.8) is 0 Å². The van der Waals surface area contributed by atoms with Gasteiger partial charge in [0.1, 0.15) is 11.5 Å². The molecule has 1 N–H and O–H groups in total. The fourth-order valence-corrected chi connectivity index (χ4v) is 4.43. The predicted molar refractivity (Wildman–Crippen MR) is 129 cm³/mol. The minimum absolute atomic E-state index is 0.471. The van der Waals surface area contributed by atoms with E-state index in [1.54, 1.807) is 14.2 Å². The van der Waals surface area contributed by atoms with Gasteiger partial charge in [0.2, 0.25) is 0 Å². The highest BCUT2D eigenvalue weighted by Crippen LogP contribution is 2.33. The third-order valence-electron chi connectivity index (χ3n) is 6.38. The van der Waals surface area contributed by atoms with Gasteiger partial charge in [0, 0.05) is 44.1 Å². The molecule has 0 atom stereocenters. The lowest BCUT2D eigenvalue weighted by atomic mass is 10.00. The number of piperidine rings is 1. The summed E-state index contributed by atoms with van der Waals surface area (Å²) in [5, 5.41) is 0. The Balaban J connectivity index is 1.26. The fraction of sp³-hybridized carbons (Fsp3) is 0.296. The highest BCUT2D eigenvalue weighted by molar-refractivity contribution is 5.99. The number of nitrogens with one attached hydrogen (secondary N) is 1. The first-order valence-electron chi connectivity index (χ1n) is 11.3. The Morgan fingerprint density at radius 1 is 0.848 bits per heavy atom. The maximum absolute atomic E-state index is 6.01. The summed E-state index contributed by atoms with van der Waals surface area (Å²) in [5.41, 5.74) is 7.09. The second kappa shape index (κ2) is 9.25. The molecule has 1 spiro atoms. The van der Waals surface area contributed by atoms with Crippen molar-refractivity contribution in [3.8, 4) is 22.6 Å². The molecule has 0 aliphatic carbocycles. The van der Waals surface area contributed by atoms with Crippen LogP contribution in [0.4, 0.5) is 0 Å². The highest BCUT2D eigenvalue weighted by atomic mass is 16.7. The number of rotatable bonds is 6. The van der Waals surface area contributed by atoms with Crippen LogP contribution in [-0.4, -0.2) is 43.8 Å². The smallest absolute Gasteiger partial charge is 0.190 e. The van der Waals surface area contributed by atoms with Gasteiger partial charge in [-0.1, -0.05) is 54.6 Å². The van der Waals surface area contributed by atoms with Crippen LogP contribution in [0.15, 0.2) is 77.8 Å². The first kappa shape index (κ1) is 21.5. The minimum atomic E-state index is -0.471. The molecule has 6 heteroatoms. The monoisotopic (exact) mass is 443 g/mol. The molecule has 6 nitrogen and oxygen atoms in total. The van der Waals surface area contributed by atoms with Gasteiger partial charge in [-0.25, -0.2) is 15.3 Å². The SMILES string of the molecule is COc1cc(OC)cc(-c2ccc(C3=NC4(CCN(Cc5ccccc5)CC4)ON3)cc2)c1. The Hall–Kier alpha value is -3.35. The van der Waals surface area contributed by atoms with Gasteiger partial charge >= 0.3 is 0 Å². The molecule has 5 rings (SSSR count). The molecule has 2 heterocycles. The van der Waals surface area contributed by atoms with E-state index in [0.29, 0.717) is 0 Å². The van der Waals surface area contributed by atoms with E-state index in [2.05, 4.69) is 65.0 Å². The maximum atomic E-state index is 6.01. The first-order valence-corrected chi connectivity index (χ1v) is 11.3. The fourth-order valence-electron chi connectivity index (χ4n) is 4.43. The zero-order valence-corrected chi connectivity index (χ0v) is 19.1. The third kappa shape index (κ3) is 4.72. The van der Waals surface area contributed by atoms with E-state index in [4.69, 9.17) is 19.3 Å². The maximum Gasteiger partial charge on any atom is 0.190 e. The van der Waals surface area contributed by atoms with Gasteiger partial charge in [-0.05, 0) is 28.8 Å². The van der Waals surface area contributed by atoms with Crippen molar-refractivity contribution in [2.75, 3.05) is 27.3 Å². The molecule has 0 saturated carbocycles. The Labute approximate surface area is 194 Å². The molecule has 0 radical (unpaired) electrons. The van der Waals surface area contributed by atoms with E-state index < -0.39 is 5.72 Å². The number of hydroxylamine groups is 1. The number of aliphatic imine (C=N–C) groups is 1. The Morgan fingerprint density at radius 2 is 1.48 bits per heavy atom. The van der Waals surface area contributed by atoms with Gasteiger partial charge in [0.15, 0.2) is 11.6 Å². The van der Waals surface area contributed by atoms with Crippen molar-refractivity contribution in [3.05, 3.63) is 83.9 Å². The summed E-state index contributed by atoms with van der Waals surface area (Å²) in [6.45, 7) is 2.89. The third-order valence-corrected chi connectivity index (χ3v) is 6.38. The topological polar surface area (TPSA) is 55.3 Å². The molecule has 0 aromatic heterocycles. The zero-order valence-electron chi connectivity index (χ0n) is 19.1. The van der Waals surface area contributed by atoms with Gasteiger partial charge < -0.3 is 9.47 Å². The van der Waals surface area contributed by atoms with Crippen LogP contribution in [0.5, 0.6) is 11.5 Å². The molecule has 0 amide bonds. The van der Waals surface area contributed by atoms with Crippen molar-refractivity contribution < 1.29 is 14.3 Å². The number of likely N-dealkylation sites (tertiary alicyclic amines) is 1. The lowest BCUT2D eigenvalue weighted by Crippen LogP contribution is -2.44. The molecule has 0 bridgehead atoms. The minimum Gasteiger partial charge on any atom is -0.497 e. The number of hydrogen-bond acceptors (Lipinski definition) is 6. The summed E-state index contributed by atoms with van der Waals surface area (Å²) in [7, 11) is 3.32. The Morgan fingerprint density at radius 3 is 2.12 bits per heavy atom. The average Bonchev–Trinajstić information content (AvgIpc) is 3.29. The highest BCUT2D eigenvalue weighted by Gasteiger charge is 2.40. The van der Waals surface area contributed by atoms with Crippen molar-refractivity contribution in [2.45, 2.75) is 25.1 Å². The lowest BCUT2D eigenvalue weighted by molar-refractivity contribution is -0.0901. The molecule has 0 unspecified atom stereocenters. The number of ether oxygens (including phenoxy) is 2. The van der Waals surface area contributed by atoms with Gasteiger partial charge in [0.05, 0.1) is 14.2 Å². The van der Waals surface area contributed by atoms with Crippen LogP contribution in [0.2, 0.25) is 0 Å². The van der Waals surface area contributed by atoms with Gasteiger partial charge in [-0.2, -0.15) is 0 Å². The molecule has 3 aromatic rings. The van der Waals surface area contributed by atoms with Crippen molar-refractivity contribution in [2.24, 2.45) is 4.99 Å². The quantitative estimate of drug-likeness (QED) is 0.601. The van der Waals surface area contributed by atoms with Gasteiger partial charge in [-0.3, -0.25) is 4.90 Å². The number of methoxy groups -OCH3 is 2. The van der Waals surface area contributed by atoms with E-state index in [9.17, 15) is 0 Å². The van der Waals surface area contributed by atoms with Crippen LogP contribution in [0, 0.1) is 0 Å². The second-order valence-corrected chi connectivity index (χ2v) is 8.55. The van der Waals surface area contributed by atoms with E-state index in [0.717, 1.165) is 66.5 Å². The number of amidine groups is 1. The molecule has 33 heavy (non-hydrogen) atoms. The van der Waals surface area contributed by atoms with Crippen LogP contribution >= 0.6 is 0 Å². The number of benzene rings is 3. The van der Waals surface area contributed by atoms with Crippen LogP contribution in [-0.2, 0) is 11.4 Å². The summed E-state index contributed by atoms with van der Waals surface area (Å²) >= 11 is 0. The molecule has 170 valence electrons. The summed E-state index contributed by atoms with van der Waals surface area (Å²) in [5.74, 6) is 2.33. The Bertz CT molecular complexity index is 1100. The van der Waals surface area contributed by atoms with E-state index >= 15 is 0 Å². The largest absolute Gasteiger partial charge is 0.497 e. The summed E-state index contributed by atoms with van der Waals surface area (Å²) < 4.78 is 10.8. The van der Waals surface area contributed by atoms with E-state index in [-0.39, 0.29) is 0 Å². The first-order chi connectivity index (χ1) is 16.2. The Kier molecular flexibility index (Phi) is 6.03. The van der Waals surface area contributed by atoms with Crippen LogP contribution < -0.4 is 15.0 Å². The predicted octanol–water partition coefficient (Wildman–Crippen LogP) is 4.64. The summed E-state index contributed by atoms with van der Waals surface area (Å²) in [6.07, 6.45) is 1.75. The lowest BCUT2D eigenvalue weighted by Gasteiger charge is -2.35. The average molecular weight is 444 g/mol. The van der Waals surface area contributed by atoms with Gasteiger partial charge in [0.25, 0.3) is 0 Å². The van der Waals surface area contributed by atoms with E-state index in [1.165, 1.54) is 5.56 Å². The number of hydrogen-bond donors (Lipinski definition) is 1. The van der Waals surface area contributed by atoms with Crippen LogP contribution in [0.3, 0.4) is 0 Å². The summed E-state index contributed by atoms with van der Waals surface area (Å²) in [6, 6.07) is 24.8. The number of nitrogens with zero attached hydrogens (tertiary/aromatic N) is 2. The van der Waals surface area contributed by atoms with E-state index in [1.807, 2.05) is 18.2 Å².